The Kier molecular flexibility index (Phi) is 2.06. The van der Waals surface area contributed by atoms with E-state index in [4.69, 9.17) is 5.11 Å². The van der Waals surface area contributed by atoms with E-state index >= 15 is 0 Å². The van der Waals surface area contributed by atoms with Crippen molar-refractivity contribution >= 4 is 16.2 Å². The molecule has 54 valence electrons. The molecule has 2 nitrogen and oxygen atoms in total. The molecule has 1 rings (SSSR count). The Morgan fingerprint density at radius 3 is 2.90 bits per heavy atom. The summed E-state index contributed by atoms with van der Waals surface area (Å²) in [6, 6.07) is 0. The van der Waals surface area contributed by atoms with Gasteiger partial charge in [0, 0.05) is 15.8 Å². The van der Waals surface area contributed by atoms with Crippen LogP contribution < -0.4 is 0 Å². The van der Waals surface area contributed by atoms with Gasteiger partial charge in [-0.05, 0) is 12.0 Å². The van der Waals surface area contributed by atoms with Crippen molar-refractivity contribution in [1.82, 2.24) is 0 Å². The maximum atomic E-state index is 10.4. The second-order valence-corrected chi connectivity index (χ2v) is 4.05. The van der Waals surface area contributed by atoms with Crippen molar-refractivity contribution in [3.05, 3.63) is 23.8 Å². The van der Waals surface area contributed by atoms with E-state index in [0.717, 1.165) is 16.7 Å². The summed E-state index contributed by atoms with van der Waals surface area (Å²) in [4.78, 5) is 10.4. The highest BCUT2D eigenvalue weighted by molar-refractivity contribution is 6.13. The third-order valence-electron chi connectivity index (χ3n) is 1.55. The molecule has 0 aromatic heterocycles. The minimum absolute atomic E-state index is 0.510. The largest absolute Gasteiger partial charge is 0.478 e. The normalized spacial score (nSPS) is 24.4. The molecule has 0 fully saturated rings. The van der Waals surface area contributed by atoms with Crippen molar-refractivity contribution in [2.45, 2.75) is 12.0 Å². The van der Waals surface area contributed by atoms with Crippen LogP contribution in [0.1, 0.15) is 6.42 Å². The van der Waals surface area contributed by atoms with Gasteiger partial charge in [0.1, 0.15) is 0 Å². The van der Waals surface area contributed by atoms with Crippen LogP contribution in [0.5, 0.6) is 0 Å². The minimum Gasteiger partial charge on any atom is -0.478 e. The van der Waals surface area contributed by atoms with Crippen molar-refractivity contribution < 1.29 is 9.90 Å². The molecule has 0 saturated carbocycles. The highest BCUT2D eigenvalue weighted by atomic mass is 28.1. The predicted octanol–water partition coefficient (Wildman–Crippen LogP) is 0.111. The molecule has 1 atom stereocenters. The van der Waals surface area contributed by atoms with Crippen molar-refractivity contribution in [2.75, 3.05) is 0 Å². The molecule has 1 aliphatic rings. The summed E-state index contributed by atoms with van der Waals surface area (Å²) < 4.78 is 0. The van der Waals surface area contributed by atoms with Crippen LogP contribution in [-0.2, 0) is 4.79 Å². The molecule has 1 aliphatic carbocycles. The fourth-order valence-corrected chi connectivity index (χ4v) is 1.66. The van der Waals surface area contributed by atoms with Gasteiger partial charge in [0.15, 0.2) is 0 Å². The summed E-state index contributed by atoms with van der Waals surface area (Å²) in [5.41, 5.74) is 1.05. The van der Waals surface area contributed by atoms with Gasteiger partial charge in [0.25, 0.3) is 0 Å². The zero-order valence-electron chi connectivity index (χ0n) is 5.87. The number of hydrogen-bond donors (Lipinski definition) is 1. The molecule has 0 aromatic rings. The first-order valence-corrected chi connectivity index (χ1v) is 4.46. The van der Waals surface area contributed by atoms with Gasteiger partial charge < -0.3 is 5.11 Å². The number of carboxylic acid groups (broad SMARTS) is 1. The number of carbonyl (C=O) groups is 1. The average Bonchev–Trinajstić information content (AvgIpc) is 1.88. The number of carboxylic acids is 1. The van der Waals surface area contributed by atoms with Gasteiger partial charge in [-0.25, -0.2) is 4.79 Å². The lowest BCUT2D eigenvalue weighted by Gasteiger charge is -2.09. The van der Waals surface area contributed by atoms with E-state index in [-0.39, 0.29) is 0 Å². The Bertz CT molecular complexity index is 206. The molecule has 1 unspecified atom stereocenters. The summed E-state index contributed by atoms with van der Waals surface area (Å²) in [6.45, 7) is 0. The summed E-state index contributed by atoms with van der Waals surface area (Å²) >= 11 is 0. The first-order chi connectivity index (χ1) is 4.70. The maximum absolute atomic E-state index is 10.4. The van der Waals surface area contributed by atoms with Crippen molar-refractivity contribution in [3.63, 3.8) is 0 Å². The fourth-order valence-electron chi connectivity index (χ4n) is 1.00. The van der Waals surface area contributed by atoms with Gasteiger partial charge in [-0.15, -0.1) is 0 Å². The molecule has 0 heterocycles. The lowest BCUT2D eigenvalue weighted by atomic mass is 10.1. The van der Waals surface area contributed by atoms with Crippen molar-refractivity contribution in [2.24, 2.45) is 0 Å². The zero-order chi connectivity index (χ0) is 7.56. The van der Waals surface area contributed by atoms with Crippen LogP contribution in [-0.4, -0.2) is 21.3 Å². The monoisotopic (exact) mass is 154 g/mol. The molecule has 0 spiro atoms. The van der Waals surface area contributed by atoms with Gasteiger partial charge in [-0.1, -0.05) is 18.2 Å². The molecule has 0 saturated heterocycles. The van der Waals surface area contributed by atoms with E-state index in [1.165, 1.54) is 0 Å². The summed E-state index contributed by atoms with van der Waals surface area (Å²) in [7, 11) is 1.04. The molecule has 3 heteroatoms. The van der Waals surface area contributed by atoms with E-state index < -0.39 is 5.97 Å². The third-order valence-corrected chi connectivity index (χ3v) is 2.35. The first-order valence-electron chi connectivity index (χ1n) is 3.31. The molecule has 1 N–H and O–H groups in total. The van der Waals surface area contributed by atoms with Crippen LogP contribution in [0.15, 0.2) is 23.8 Å². The van der Waals surface area contributed by atoms with E-state index in [1.54, 1.807) is 6.08 Å². The Morgan fingerprint density at radius 1 is 1.80 bits per heavy atom. The third kappa shape index (κ3) is 1.57. The second kappa shape index (κ2) is 2.83. The highest BCUT2D eigenvalue weighted by Crippen LogP contribution is 2.19. The lowest BCUT2D eigenvalue weighted by Crippen LogP contribution is -2.05. The van der Waals surface area contributed by atoms with Crippen LogP contribution in [0.25, 0.3) is 0 Å². The SMILES string of the molecule is O=C(O)C1=CC=CC([SiH3])C1. The topological polar surface area (TPSA) is 37.3 Å². The number of allylic oxidation sites excluding steroid dienone is 3. The van der Waals surface area contributed by atoms with E-state index in [1.807, 2.05) is 6.08 Å². The van der Waals surface area contributed by atoms with E-state index in [0.29, 0.717) is 11.1 Å². The van der Waals surface area contributed by atoms with Crippen molar-refractivity contribution in [1.29, 1.82) is 0 Å². The number of hydrogen-bond acceptors (Lipinski definition) is 1. The number of aliphatic carboxylic acids is 1. The molecular formula is C7H10O2Si. The Labute approximate surface area is 62.7 Å². The predicted molar refractivity (Wildman–Crippen MR) is 43.2 cm³/mol. The summed E-state index contributed by atoms with van der Waals surface area (Å²) in [5, 5.41) is 8.57. The molecular weight excluding hydrogens is 144 g/mol. The zero-order valence-corrected chi connectivity index (χ0v) is 7.87. The average molecular weight is 154 g/mol. The quantitative estimate of drug-likeness (QED) is 0.544. The summed E-state index contributed by atoms with van der Waals surface area (Å²) in [5.74, 6) is -0.773. The van der Waals surface area contributed by atoms with Gasteiger partial charge in [-0.3, -0.25) is 0 Å². The van der Waals surface area contributed by atoms with Crippen LogP contribution >= 0.6 is 0 Å². The van der Waals surface area contributed by atoms with Crippen LogP contribution in [0.4, 0.5) is 0 Å². The Morgan fingerprint density at radius 2 is 2.50 bits per heavy atom. The van der Waals surface area contributed by atoms with Crippen LogP contribution in [0.3, 0.4) is 0 Å². The van der Waals surface area contributed by atoms with Crippen LogP contribution in [0, 0.1) is 0 Å². The molecule has 0 bridgehead atoms. The molecule has 10 heavy (non-hydrogen) atoms. The Hall–Kier alpha value is -0.833. The molecule has 0 aliphatic heterocycles. The van der Waals surface area contributed by atoms with Gasteiger partial charge in [0.05, 0.1) is 0 Å². The Balaban J connectivity index is 2.71. The smallest absolute Gasteiger partial charge is 0.331 e. The van der Waals surface area contributed by atoms with Gasteiger partial charge in [0.2, 0.25) is 0 Å². The molecule has 0 aromatic carbocycles. The van der Waals surface area contributed by atoms with E-state index in [9.17, 15) is 4.79 Å². The van der Waals surface area contributed by atoms with E-state index in [2.05, 4.69) is 6.08 Å². The molecule has 0 radical (unpaired) electrons. The molecule has 0 amide bonds. The maximum Gasteiger partial charge on any atom is 0.331 e. The standard InChI is InChI=1S/C7H10O2Si/c8-7(9)5-2-1-3-6(10)4-5/h1-3,6H,4H2,10H3,(H,8,9). The summed E-state index contributed by atoms with van der Waals surface area (Å²) in [6.07, 6.45) is 6.30. The minimum atomic E-state index is -0.773. The fraction of sp³-hybridized carbons (Fsp3) is 0.286. The van der Waals surface area contributed by atoms with Crippen LogP contribution in [0.2, 0.25) is 5.54 Å². The van der Waals surface area contributed by atoms with Gasteiger partial charge >= 0.3 is 5.97 Å². The first kappa shape index (κ1) is 7.28. The highest BCUT2D eigenvalue weighted by Gasteiger charge is 2.11. The van der Waals surface area contributed by atoms with Gasteiger partial charge in [-0.2, -0.15) is 0 Å². The lowest BCUT2D eigenvalue weighted by molar-refractivity contribution is -0.132. The second-order valence-electron chi connectivity index (χ2n) is 2.56. The van der Waals surface area contributed by atoms with Crippen molar-refractivity contribution in [3.8, 4) is 0 Å². The number of rotatable bonds is 1.